The van der Waals surface area contributed by atoms with Crippen LogP contribution in [0.1, 0.15) is 5.69 Å². The lowest BCUT2D eigenvalue weighted by Crippen LogP contribution is -1.99. The van der Waals surface area contributed by atoms with Gasteiger partial charge in [0.2, 0.25) is 0 Å². The van der Waals surface area contributed by atoms with Crippen molar-refractivity contribution >= 4 is 21.7 Å². The van der Waals surface area contributed by atoms with Gasteiger partial charge >= 0.3 is 0 Å². The molecular weight excluding hydrogens is 260 g/mol. The van der Waals surface area contributed by atoms with Crippen LogP contribution in [0.2, 0.25) is 0 Å². The van der Waals surface area contributed by atoms with E-state index in [1.165, 1.54) is 0 Å². The van der Waals surface area contributed by atoms with E-state index < -0.39 is 0 Å². The van der Waals surface area contributed by atoms with Crippen molar-refractivity contribution < 1.29 is 4.74 Å². The van der Waals surface area contributed by atoms with Crippen LogP contribution in [0.15, 0.2) is 28.7 Å². The van der Waals surface area contributed by atoms with Crippen molar-refractivity contribution in [3.05, 3.63) is 34.4 Å². The topological polar surface area (TPSA) is 76.8 Å². The molecule has 0 saturated heterocycles. The summed E-state index contributed by atoms with van der Waals surface area (Å²) >= 11 is 3.34. The smallest absolute Gasteiger partial charge is 0.172 e. The highest BCUT2D eigenvalue weighted by Crippen LogP contribution is 2.17. The number of halogens is 1. The van der Waals surface area contributed by atoms with E-state index in [4.69, 9.17) is 10.5 Å². The van der Waals surface area contributed by atoms with Crippen molar-refractivity contribution in [2.75, 3.05) is 5.73 Å². The van der Waals surface area contributed by atoms with Crippen molar-refractivity contribution in [2.45, 2.75) is 6.61 Å². The van der Waals surface area contributed by atoms with Crippen molar-refractivity contribution in [1.29, 1.82) is 0 Å². The number of hydrogen-bond donors (Lipinski definition) is 2. The second kappa shape index (κ2) is 4.31. The first-order chi connectivity index (χ1) is 7.25. The maximum Gasteiger partial charge on any atom is 0.172 e. The van der Waals surface area contributed by atoms with Gasteiger partial charge in [-0.15, -0.1) is 5.10 Å². The highest BCUT2D eigenvalue weighted by atomic mass is 79.9. The molecule has 2 aromatic rings. The van der Waals surface area contributed by atoms with E-state index >= 15 is 0 Å². The minimum Gasteiger partial charge on any atom is -0.487 e. The molecule has 78 valence electrons. The standard InChI is InChI=1S/C9H9BrN4O/c10-6-1-3-7(4-2-6)15-5-8-9(11)13-14-12-8/h1-4H,5H2,(H3,11,12,13,14). The summed E-state index contributed by atoms with van der Waals surface area (Å²) in [7, 11) is 0. The summed E-state index contributed by atoms with van der Waals surface area (Å²) in [5.41, 5.74) is 6.15. The molecular formula is C9H9BrN4O. The highest BCUT2D eigenvalue weighted by molar-refractivity contribution is 9.10. The Morgan fingerprint density at radius 1 is 1.27 bits per heavy atom. The zero-order valence-corrected chi connectivity index (χ0v) is 9.36. The number of rotatable bonds is 3. The predicted molar refractivity (Wildman–Crippen MR) is 59.3 cm³/mol. The molecule has 1 aromatic heterocycles. The highest BCUT2D eigenvalue weighted by Gasteiger charge is 2.04. The van der Waals surface area contributed by atoms with Gasteiger partial charge in [-0.2, -0.15) is 10.3 Å². The van der Waals surface area contributed by atoms with E-state index in [1.54, 1.807) is 0 Å². The summed E-state index contributed by atoms with van der Waals surface area (Å²) in [4.78, 5) is 0. The van der Waals surface area contributed by atoms with Gasteiger partial charge in [-0.1, -0.05) is 15.9 Å². The van der Waals surface area contributed by atoms with Crippen LogP contribution in [0.3, 0.4) is 0 Å². The molecule has 0 radical (unpaired) electrons. The van der Waals surface area contributed by atoms with Gasteiger partial charge in [0.15, 0.2) is 5.82 Å². The Morgan fingerprint density at radius 3 is 2.60 bits per heavy atom. The summed E-state index contributed by atoms with van der Waals surface area (Å²) in [5.74, 6) is 1.13. The summed E-state index contributed by atoms with van der Waals surface area (Å²) in [6.07, 6.45) is 0. The van der Waals surface area contributed by atoms with Crippen molar-refractivity contribution in [1.82, 2.24) is 15.4 Å². The van der Waals surface area contributed by atoms with E-state index in [0.717, 1.165) is 10.2 Å². The minimum absolute atomic E-state index is 0.309. The van der Waals surface area contributed by atoms with Crippen LogP contribution in [-0.4, -0.2) is 15.4 Å². The quantitative estimate of drug-likeness (QED) is 0.889. The molecule has 3 N–H and O–H groups in total. The second-order valence-electron chi connectivity index (χ2n) is 2.90. The van der Waals surface area contributed by atoms with Crippen molar-refractivity contribution in [3.8, 4) is 5.75 Å². The van der Waals surface area contributed by atoms with Crippen LogP contribution in [0.4, 0.5) is 5.82 Å². The van der Waals surface area contributed by atoms with Crippen LogP contribution < -0.4 is 10.5 Å². The molecule has 0 bridgehead atoms. The zero-order chi connectivity index (χ0) is 10.7. The van der Waals surface area contributed by atoms with Crippen LogP contribution in [0.5, 0.6) is 5.75 Å². The second-order valence-corrected chi connectivity index (χ2v) is 3.81. The molecule has 1 heterocycles. The molecule has 0 amide bonds. The fourth-order valence-corrected chi connectivity index (χ4v) is 1.31. The lowest BCUT2D eigenvalue weighted by atomic mass is 10.3. The number of hydrogen-bond acceptors (Lipinski definition) is 4. The molecule has 0 aliphatic heterocycles. The van der Waals surface area contributed by atoms with Gasteiger partial charge in [-0.25, -0.2) is 0 Å². The number of benzene rings is 1. The maximum atomic E-state index is 5.54. The molecule has 0 atom stereocenters. The first-order valence-corrected chi connectivity index (χ1v) is 5.08. The Bertz CT molecular complexity index is 440. The number of nitrogens with two attached hydrogens (primary N) is 1. The molecule has 0 unspecified atom stereocenters. The largest absolute Gasteiger partial charge is 0.487 e. The molecule has 6 heteroatoms. The predicted octanol–water partition coefficient (Wildman–Crippen LogP) is 1.73. The molecule has 0 spiro atoms. The number of H-pyrrole nitrogens is 1. The van der Waals surface area contributed by atoms with Gasteiger partial charge in [0.1, 0.15) is 18.1 Å². The number of anilines is 1. The Hall–Kier alpha value is -1.56. The normalized spacial score (nSPS) is 10.2. The van der Waals surface area contributed by atoms with E-state index in [1.807, 2.05) is 24.3 Å². The van der Waals surface area contributed by atoms with Gasteiger partial charge in [0.25, 0.3) is 0 Å². The first kappa shape index (κ1) is 9.97. The van der Waals surface area contributed by atoms with E-state index in [-0.39, 0.29) is 0 Å². The van der Waals surface area contributed by atoms with E-state index in [0.29, 0.717) is 18.1 Å². The third kappa shape index (κ3) is 2.47. The van der Waals surface area contributed by atoms with Crippen LogP contribution in [-0.2, 0) is 6.61 Å². The lowest BCUT2D eigenvalue weighted by Gasteiger charge is -2.03. The molecule has 5 nitrogen and oxygen atoms in total. The fourth-order valence-electron chi connectivity index (χ4n) is 1.05. The van der Waals surface area contributed by atoms with Gasteiger partial charge < -0.3 is 10.5 Å². The Kier molecular flexibility index (Phi) is 2.86. The SMILES string of the molecule is Nc1n[nH]nc1COc1ccc(Br)cc1. The first-order valence-electron chi connectivity index (χ1n) is 4.29. The zero-order valence-electron chi connectivity index (χ0n) is 7.77. The van der Waals surface area contributed by atoms with Gasteiger partial charge in [-0.3, -0.25) is 0 Å². The minimum atomic E-state index is 0.309. The number of nitrogen functional groups attached to an aromatic ring is 1. The maximum absolute atomic E-state index is 5.54. The average molecular weight is 269 g/mol. The Morgan fingerprint density at radius 2 is 2.00 bits per heavy atom. The number of aromatic amines is 1. The van der Waals surface area contributed by atoms with Crippen LogP contribution in [0.25, 0.3) is 0 Å². The summed E-state index contributed by atoms with van der Waals surface area (Å²) in [5, 5.41) is 9.98. The molecule has 0 fully saturated rings. The van der Waals surface area contributed by atoms with Crippen molar-refractivity contribution in [3.63, 3.8) is 0 Å². The lowest BCUT2D eigenvalue weighted by molar-refractivity contribution is 0.302. The van der Waals surface area contributed by atoms with Gasteiger partial charge in [-0.05, 0) is 24.3 Å². The Labute approximate surface area is 94.8 Å². The van der Waals surface area contributed by atoms with Gasteiger partial charge in [0, 0.05) is 4.47 Å². The number of nitrogens with zero attached hydrogens (tertiary/aromatic N) is 2. The molecule has 0 aliphatic carbocycles. The Balaban J connectivity index is 1.99. The summed E-state index contributed by atoms with van der Waals surface area (Å²) < 4.78 is 6.47. The molecule has 1 aromatic carbocycles. The van der Waals surface area contributed by atoms with Crippen molar-refractivity contribution in [2.24, 2.45) is 0 Å². The number of ether oxygens (including phenoxy) is 1. The van der Waals surface area contributed by atoms with Gasteiger partial charge in [0.05, 0.1) is 0 Å². The average Bonchev–Trinajstić information content (AvgIpc) is 2.63. The van der Waals surface area contributed by atoms with E-state index in [2.05, 4.69) is 31.3 Å². The van der Waals surface area contributed by atoms with E-state index in [9.17, 15) is 0 Å². The number of aromatic nitrogens is 3. The molecule has 0 aliphatic rings. The third-order valence-electron chi connectivity index (χ3n) is 1.84. The molecule has 0 saturated carbocycles. The molecule has 2 rings (SSSR count). The van der Waals surface area contributed by atoms with Crippen LogP contribution in [0, 0.1) is 0 Å². The monoisotopic (exact) mass is 268 g/mol. The summed E-state index contributed by atoms with van der Waals surface area (Å²) in [6, 6.07) is 7.53. The van der Waals surface area contributed by atoms with Crippen LogP contribution >= 0.6 is 15.9 Å². The summed E-state index contributed by atoms with van der Waals surface area (Å²) in [6.45, 7) is 0.309. The third-order valence-corrected chi connectivity index (χ3v) is 2.37. The number of nitrogens with one attached hydrogen (secondary N) is 1. The molecule has 15 heavy (non-hydrogen) atoms. The fraction of sp³-hybridized carbons (Fsp3) is 0.111.